The molecule has 36 heavy (non-hydrogen) atoms. The Bertz CT molecular complexity index is 1240. The summed E-state index contributed by atoms with van der Waals surface area (Å²) in [6.07, 6.45) is 0. The van der Waals surface area contributed by atoms with E-state index in [4.69, 9.17) is 23.7 Å². The Morgan fingerprint density at radius 3 is 1.53 bits per heavy atom. The van der Waals surface area contributed by atoms with Gasteiger partial charge in [-0.25, -0.2) is 9.59 Å². The maximum atomic E-state index is 12.0. The SMILES string of the molecule is C=C(COC)C(=O)Oc1ccc(-c2ccc(-c3ccc(OC(=O)C(=C)COC)cc3)c(OC)c2)cc1. The molecule has 0 radical (unpaired) electrons. The second-order valence-corrected chi connectivity index (χ2v) is 7.82. The largest absolute Gasteiger partial charge is 0.496 e. The molecule has 3 aromatic carbocycles. The summed E-state index contributed by atoms with van der Waals surface area (Å²) in [4.78, 5) is 24.0. The van der Waals surface area contributed by atoms with E-state index in [-0.39, 0.29) is 24.4 Å². The molecule has 186 valence electrons. The van der Waals surface area contributed by atoms with Gasteiger partial charge in [0.15, 0.2) is 0 Å². The van der Waals surface area contributed by atoms with Gasteiger partial charge in [0.2, 0.25) is 0 Å². The molecule has 7 heteroatoms. The summed E-state index contributed by atoms with van der Waals surface area (Å²) in [6, 6.07) is 20.1. The van der Waals surface area contributed by atoms with Gasteiger partial charge in [-0.15, -0.1) is 0 Å². The van der Waals surface area contributed by atoms with Crippen molar-refractivity contribution in [2.75, 3.05) is 34.5 Å². The van der Waals surface area contributed by atoms with Crippen LogP contribution in [0.2, 0.25) is 0 Å². The molecule has 0 saturated carbocycles. The Balaban J connectivity index is 1.74. The quantitative estimate of drug-likeness (QED) is 0.207. The highest BCUT2D eigenvalue weighted by atomic mass is 16.5. The third-order valence-electron chi connectivity index (χ3n) is 5.19. The van der Waals surface area contributed by atoms with Crippen LogP contribution in [-0.2, 0) is 19.1 Å². The number of carbonyl (C=O) groups is 2. The molecule has 0 saturated heterocycles. The molecule has 3 aromatic rings. The van der Waals surface area contributed by atoms with Crippen molar-refractivity contribution >= 4 is 11.9 Å². The molecule has 0 aliphatic rings. The zero-order valence-corrected chi connectivity index (χ0v) is 20.5. The van der Waals surface area contributed by atoms with Crippen LogP contribution in [0.25, 0.3) is 22.3 Å². The normalized spacial score (nSPS) is 10.4. The van der Waals surface area contributed by atoms with E-state index in [9.17, 15) is 9.59 Å². The maximum absolute atomic E-state index is 12.0. The van der Waals surface area contributed by atoms with Gasteiger partial charge < -0.3 is 23.7 Å². The standard InChI is InChI=1S/C29H28O7/c1-19(17-32-3)28(30)35-24-11-6-21(7-12-24)23-10-15-26(27(16-23)34-5)22-8-13-25(14-9-22)36-29(31)20(2)18-33-4/h6-16H,1-2,17-18H2,3-5H3. The van der Waals surface area contributed by atoms with Crippen LogP contribution >= 0.6 is 0 Å². The molecular weight excluding hydrogens is 460 g/mol. The zero-order valence-electron chi connectivity index (χ0n) is 20.5. The van der Waals surface area contributed by atoms with Gasteiger partial charge in [0, 0.05) is 19.8 Å². The zero-order chi connectivity index (χ0) is 26.1. The first kappa shape index (κ1) is 26.4. The van der Waals surface area contributed by atoms with Crippen molar-refractivity contribution in [1.82, 2.24) is 0 Å². The van der Waals surface area contributed by atoms with Crippen molar-refractivity contribution in [2.45, 2.75) is 0 Å². The lowest BCUT2D eigenvalue weighted by Crippen LogP contribution is -2.13. The summed E-state index contributed by atoms with van der Waals surface area (Å²) >= 11 is 0. The van der Waals surface area contributed by atoms with E-state index in [1.807, 2.05) is 42.5 Å². The molecule has 0 unspecified atom stereocenters. The topological polar surface area (TPSA) is 80.3 Å². The highest BCUT2D eigenvalue weighted by Gasteiger charge is 2.13. The number of methoxy groups -OCH3 is 3. The predicted octanol–water partition coefficient (Wildman–Crippen LogP) is 5.25. The fourth-order valence-corrected chi connectivity index (χ4v) is 3.35. The van der Waals surface area contributed by atoms with Crippen molar-refractivity contribution < 1.29 is 33.3 Å². The first-order valence-corrected chi connectivity index (χ1v) is 11.0. The minimum atomic E-state index is -0.535. The Morgan fingerprint density at radius 2 is 1.08 bits per heavy atom. The van der Waals surface area contributed by atoms with Crippen LogP contribution in [0.4, 0.5) is 0 Å². The molecule has 0 heterocycles. The van der Waals surface area contributed by atoms with Crippen LogP contribution < -0.4 is 14.2 Å². The van der Waals surface area contributed by atoms with Crippen molar-refractivity contribution in [2.24, 2.45) is 0 Å². The molecule has 0 bridgehead atoms. The lowest BCUT2D eigenvalue weighted by Gasteiger charge is -2.13. The third-order valence-corrected chi connectivity index (χ3v) is 5.19. The fraction of sp³-hybridized carbons (Fsp3) is 0.172. The lowest BCUT2D eigenvalue weighted by atomic mass is 9.99. The number of rotatable bonds is 11. The Hall–Kier alpha value is -4.20. The molecule has 7 nitrogen and oxygen atoms in total. The van der Waals surface area contributed by atoms with Gasteiger partial charge in [0.05, 0.1) is 31.5 Å². The van der Waals surface area contributed by atoms with E-state index in [0.717, 1.165) is 22.3 Å². The number of esters is 2. The molecule has 0 aliphatic carbocycles. The molecule has 0 spiro atoms. The van der Waals surface area contributed by atoms with Gasteiger partial charge >= 0.3 is 11.9 Å². The molecule has 3 rings (SSSR count). The highest BCUT2D eigenvalue weighted by Crippen LogP contribution is 2.35. The second-order valence-electron chi connectivity index (χ2n) is 7.82. The summed E-state index contributed by atoms with van der Waals surface area (Å²) in [7, 11) is 4.58. The molecular formula is C29H28O7. The molecule has 0 fully saturated rings. The maximum Gasteiger partial charge on any atom is 0.341 e. The van der Waals surface area contributed by atoms with Crippen molar-refractivity contribution in [3.63, 3.8) is 0 Å². The van der Waals surface area contributed by atoms with Gasteiger partial charge in [-0.2, -0.15) is 0 Å². The van der Waals surface area contributed by atoms with Crippen LogP contribution in [0, 0.1) is 0 Å². The number of benzene rings is 3. The van der Waals surface area contributed by atoms with Crippen molar-refractivity contribution in [3.05, 3.63) is 91.0 Å². The fourth-order valence-electron chi connectivity index (χ4n) is 3.35. The summed E-state index contributed by atoms with van der Waals surface area (Å²) in [6.45, 7) is 7.51. The van der Waals surface area contributed by atoms with E-state index >= 15 is 0 Å². The summed E-state index contributed by atoms with van der Waals surface area (Å²) in [5.74, 6) is 0.431. The average molecular weight is 489 g/mol. The van der Waals surface area contributed by atoms with E-state index in [2.05, 4.69) is 13.2 Å². The molecule has 0 aromatic heterocycles. The van der Waals surface area contributed by atoms with Crippen LogP contribution in [0.5, 0.6) is 17.2 Å². The monoisotopic (exact) mass is 488 g/mol. The van der Waals surface area contributed by atoms with Crippen LogP contribution in [0.1, 0.15) is 0 Å². The second kappa shape index (κ2) is 12.5. The van der Waals surface area contributed by atoms with Crippen molar-refractivity contribution in [3.8, 4) is 39.5 Å². The van der Waals surface area contributed by atoms with E-state index in [1.165, 1.54) is 14.2 Å². The van der Waals surface area contributed by atoms with Gasteiger partial charge in [-0.1, -0.05) is 49.6 Å². The molecule has 0 amide bonds. The van der Waals surface area contributed by atoms with Gasteiger partial charge in [0.1, 0.15) is 17.2 Å². The number of ether oxygens (including phenoxy) is 5. The van der Waals surface area contributed by atoms with E-state index < -0.39 is 11.9 Å². The molecule has 0 N–H and O–H groups in total. The van der Waals surface area contributed by atoms with Gasteiger partial charge in [0.25, 0.3) is 0 Å². The molecule has 0 aliphatic heterocycles. The van der Waals surface area contributed by atoms with Gasteiger partial charge in [-0.3, -0.25) is 0 Å². The van der Waals surface area contributed by atoms with Crippen molar-refractivity contribution in [1.29, 1.82) is 0 Å². The first-order chi connectivity index (χ1) is 17.4. The Morgan fingerprint density at radius 1 is 0.639 bits per heavy atom. The third kappa shape index (κ3) is 6.69. The minimum absolute atomic E-state index is 0.110. The lowest BCUT2D eigenvalue weighted by molar-refractivity contribution is -0.131. The van der Waals surface area contributed by atoms with Gasteiger partial charge in [-0.05, 0) is 47.0 Å². The Labute approximate surface area is 210 Å². The minimum Gasteiger partial charge on any atom is -0.496 e. The summed E-state index contributed by atoms with van der Waals surface area (Å²) in [5.41, 5.74) is 4.11. The Kier molecular flexibility index (Phi) is 9.16. The van der Waals surface area contributed by atoms with Crippen LogP contribution in [0.15, 0.2) is 91.0 Å². The van der Waals surface area contributed by atoms with Crippen LogP contribution in [0.3, 0.4) is 0 Å². The van der Waals surface area contributed by atoms with E-state index in [1.54, 1.807) is 31.4 Å². The smallest absolute Gasteiger partial charge is 0.341 e. The predicted molar refractivity (Wildman–Crippen MR) is 137 cm³/mol. The number of hydrogen-bond donors (Lipinski definition) is 0. The average Bonchev–Trinajstić information content (AvgIpc) is 2.89. The number of hydrogen-bond acceptors (Lipinski definition) is 7. The molecule has 0 atom stereocenters. The summed E-state index contributed by atoms with van der Waals surface area (Å²) < 4.78 is 26.1. The highest BCUT2D eigenvalue weighted by molar-refractivity contribution is 5.90. The number of carbonyl (C=O) groups excluding carboxylic acids is 2. The first-order valence-electron chi connectivity index (χ1n) is 11.0. The summed E-state index contributed by atoms with van der Waals surface area (Å²) in [5, 5.41) is 0. The van der Waals surface area contributed by atoms with E-state index in [0.29, 0.717) is 17.2 Å². The van der Waals surface area contributed by atoms with Crippen LogP contribution in [-0.4, -0.2) is 46.5 Å².